The lowest BCUT2D eigenvalue weighted by Gasteiger charge is -2.25. The van der Waals surface area contributed by atoms with Crippen LogP contribution in [0.2, 0.25) is 0 Å². The van der Waals surface area contributed by atoms with Crippen molar-refractivity contribution in [3.63, 3.8) is 0 Å². The molecule has 1 N–H and O–H groups in total. The fourth-order valence-electron chi connectivity index (χ4n) is 2.99. The number of hydrogen-bond donors (Lipinski definition) is 1. The molecule has 1 aromatic heterocycles. The summed E-state index contributed by atoms with van der Waals surface area (Å²) in [5.74, 6) is 1.95. The van der Waals surface area contributed by atoms with Crippen LogP contribution in [-0.4, -0.2) is 16.6 Å². The van der Waals surface area contributed by atoms with Crippen molar-refractivity contribution < 1.29 is 4.74 Å². The van der Waals surface area contributed by atoms with Crippen LogP contribution in [0.4, 0.5) is 0 Å². The van der Waals surface area contributed by atoms with E-state index in [1.54, 1.807) is 0 Å². The van der Waals surface area contributed by atoms with Gasteiger partial charge in [0.05, 0.1) is 12.5 Å². The van der Waals surface area contributed by atoms with Gasteiger partial charge >= 0.3 is 0 Å². The number of ether oxygens (including phenoxy) is 1. The monoisotopic (exact) mass is 284 g/mol. The SMILES string of the molecule is Cc1nc(C2COc3ccccc3C2)[nH]c(=O)c1C(C)C. The molecule has 110 valence electrons. The number of hydrogen-bond acceptors (Lipinski definition) is 3. The van der Waals surface area contributed by atoms with Crippen LogP contribution in [0.15, 0.2) is 29.1 Å². The number of nitrogens with one attached hydrogen (secondary N) is 1. The number of para-hydroxylation sites is 1. The minimum Gasteiger partial charge on any atom is -0.493 e. The number of aryl methyl sites for hydroxylation is 1. The summed E-state index contributed by atoms with van der Waals surface area (Å²) in [6.07, 6.45) is 0.847. The maximum atomic E-state index is 12.3. The Morgan fingerprint density at radius 2 is 2.10 bits per heavy atom. The molecule has 4 heteroatoms. The number of aromatic nitrogens is 2. The third-order valence-electron chi connectivity index (χ3n) is 4.01. The highest BCUT2D eigenvalue weighted by Gasteiger charge is 2.24. The molecule has 1 aliphatic heterocycles. The second-order valence-corrected chi connectivity index (χ2v) is 5.92. The second-order valence-electron chi connectivity index (χ2n) is 5.92. The maximum absolute atomic E-state index is 12.3. The largest absolute Gasteiger partial charge is 0.493 e. The lowest BCUT2D eigenvalue weighted by molar-refractivity contribution is 0.257. The second kappa shape index (κ2) is 5.35. The number of H-pyrrole nitrogens is 1. The number of benzene rings is 1. The van der Waals surface area contributed by atoms with Gasteiger partial charge in [0, 0.05) is 11.3 Å². The average Bonchev–Trinajstić information content (AvgIpc) is 2.45. The first kappa shape index (κ1) is 13.9. The third-order valence-corrected chi connectivity index (χ3v) is 4.01. The van der Waals surface area contributed by atoms with Crippen LogP contribution < -0.4 is 10.3 Å². The zero-order valence-corrected chi connectivity index (χ0v) is 12.6. The fraction of sp³-hybridized carbons (Fsp3) is 0.412. The van der Waals surface area contributed by atoms with Gasteiger partial charge in [-0.15, -0.1) is 0 Å². The molecule has 0 fully saturated rings. The van der Waals surface area contributed by atoms with Gasteiger partial charge in [0.2, 0.25) is 0 Å². The summed E-state index contributed by atoms with van der Waals surface area (Å²) < 4.78 is 5.79. The maximum Gasteiger partial charge on any atom is 0.254 e. The Kier molecular flexibility index (Phi) is 3.53. The zero-order chi connectivity index (χ0) is 15.0. The molecule has 3 rings (SSSR count). The van der Waals surface area contributed by atoms with E-state index in [2.05, 4.69) is 16.0 Å². The van der Waals surface area contributed by atoms with E-state index in [9.17, 15) is 4.79 Å². The van der Waals surface area contributed by atoms with Crippen molar-refractivity contribution in [2.75, 3.05) is 6.61 Å². The van der Waals surface area contributed by atoms with Crippen LogP contribution in [0.3, 0.4) is 0 Å². The van der Waals surface area contributed by atoms with Gasteiger partial charge in [-0.25, -0.2) is 4.98 Å². The molecule has 0 radical (unpaired) electrons. The molecule has 1 aliphatic rings. The first-order valence-corrected chi connectivity index (χ1v) is 7.37. The van der Waals surface area contributed by atoms with Gasteiger partial charge < -0.3 is 9.72 Å². The van der Waals surface area contributed by atoms with Gasteiger partial charge in [0.1, 0.15) is 11.6 Å². The average molecular weight is 284 g/mol. The molecule has 1 unspecified atom stereocenters. The Bertz CT molecular complexity index is 719. The lowest BCUT2D eigenvalue weighted by Crippen LogP contribution is -2.26. The summed E-state index contributed by atoms with van der Waals surface area (Å²) in [6, 6.07) is 8.03. The van der Waals surface area contributed by atoms with E-state index < -0.39 is 0 Å². The molecule has 21 heavy (non-hydrogen) atoms. The molecule has 0 saturated heterocycles. The van der Waals surface area contributed by atoms with Gasteiger partial charge in [-0.1, -0.05) is 32.0 Å². The van der Waals surface area contributed by atoms with Crippen molar-refractivity contribution in [3.8, 4) is 5.75 Å². The fourth-order valence-corrected chi connectivity index (χ4v) is 2.99. The predicted molar refractivity (Wildman–Crippen MR) is 82.1 cm³/mol. The van der Waals surface area contributed by atoms with E-state index in [4.69, 9.17) is 4.74 Å². The normalized spacial score (nSPS) is 17.4. The molecular formula is C17H20N2O2. The van der Waals surface area contributed by atoms with Crippen molar-refractivity contribution in [2.45, 2.75) is 39.0 Å². The first-order valence-electron chi connectivity index (χ1n) is 7.37. The number of aromatic amines is 1. The minimum atomic E-state index is -0.0219. The Morgan fingerprint density at radius 1 is 1.33 bits per heavy atom. The van der Waals surface area contributed by atoms with Crippen molar-refractivity contribution in [1.29, 1.82) is 0 Å². The van der Waals surface area contributed by atoms with Crippen LogP contribution >= 0.6 is 0 Å². The van der Waals surface area contributed by atoms with Crippen LogP contribution in [0.5, 0.6) is 5.75 Å². The van der Waals surface area contributed by atoms with Crippen molar-refractivity contribution in [1.82, 2.24) is 9.97 Å². The van der Waals surface area contributed by atoms with E-state index in [1.807, 2.05) is 39.0 Å². The van der Waals surface area contributed by atoms with Crippen molar-refractivity contribution in [2.24, 2.45) is 0 Å². The van der Waals surface area contributed by atoms with E-state index in [-0.39, 0.29) is 17.4 Å². The molecule has 0 aliphatic carbocycles. The Labute approximate surface area is 124 Å². The van der Waals surface area contributed by atoms with Crippen LogP contribution in [0.25, 0.3) is 0 Å². The molecule has 4 nitrogen and oxygen atoms in total. The molecule has 1 aromatic carbocycles. The molecule has 0 spiro atoms. The molecular weight excluding hydrogens is 264 g/mol. The highest BCUT2D eigenvalue weighted by Crippen LogP contribution is 2.30. The summed E-state index contributed by atoms with van der Waals surface area (Å²) in [4.78, 5) is 19.8. The van der Waals surface area contributed by atoms with Gasteiger partial charge in [-0.2, -0.15) is 0 Å². The van der Waals surface area contributed by atoms with E-state index in [0.29, 0.717) is 6.61 Å². The number of fused-ring (bicyclic) bond motifs is 1. The molecule has 0 saturated carbocycles. The molecule has 1 atom stereocenters. The van der Waals surface area contributed by atoms with Gasteiger partial charge in [-0.05, 0) is 30.9 Å². The first-order chi connectivity index (χ1) is 10.1. The van der Waals surface area contributed by atoms with E-state index >= 15 is 0 Å². The van der Waals surface area contributed by atoms with E-state index in [1.165, 1.54) is 5.56 Å². The Hall–Kier alpha value is -2.10. The summed E-state index contributed by atoms with van der Waals surface area (Å²) in [5, 5.41) is 0. The molecule has 2 aromatic rings. The van der Waals surface area contributed by atoms with E-state index in [0.717, 1.165) is 29.3 Å². The predicted octanol–water partition coefficient (Wildman–Crippen LogP) is 2.92. The van der Waals surface area contributed by atoms with Gasteiger partial charge in [-0.3, -0.25) is 4.79 Å². The Morgan fingerprint density at radius 3 is 2.81 bits per heavy atom. The van der Waals surface area contributed by atoms with Crippen LogP contribution in [0, 0.1) is 6.92 Å². The number of rotatable bonds is 2. The molecule has 2 heterocycles. The Balaban J connectivity index is 1.94. The van der Waals surface area contributed by atoms with Crippen LogP contribution in [0.1, 0.15) is 48.3 Å². The van der Waals surface area contributed by atoms with Crippen molar-refractivity contribution >= 4 is 0 Å². The summed E-state index contributed by atoms with van der Waals surface area (Å²) in [5.41, 5.74) is 2.74. The molecule has 0 amide bonds. The van der Waals surface area contributed by atoms with Crippen molar-refractivity contribution in [3.05, 3.63) is 57.3 Å². The van der Waals surface area contributed by atoms with Crippen LogP contribution in [-0.2, 0) is 6.42 Å². The molecule has 0 bridgehead atoms. The highest BCUT2D eigenvalue weighted by molar-refractivity contribution is 5.36. The summed E-state index contributed by atoms with van der Waals surface area (Å²) in [6.45, 7) is 6.49. The third kappa shape index (κ3) is 2.58. The standard InChI is InChI=1S/C17H20N2O2/c1-10(2)15-11(3)18-16(19-17(15)20)13-8-12-6-4-5-7-14(12)21-9-13/h4-7,10,13H,8-9H2,1-3H3,(H,18,19,20). The van der Waals surface area contributed by atoms with Gasteiger partial charge in [0.25, 0.3) is 5.56 Å². The minimum absolute atomic E-state index is 0.0219. The quantitative estimate of drug-likeness (QED) is 0.922. The van der Waals surface area contributed by atoms with Gasteiger partial charge in [0.15, 0.2) is 0 Å². The summed E-state index contributed by atoms with van der Waals surface area (Å²) in [7, 11) is 0. The smallest absolute Gasteiger partial charge is 0.254 e. The zero-order valence-electron chi connectivity index (χ0n) is 12.6. The highest BCUT2D eigenvalue weighted by atomic mass is 16.5. The lowest BCUT2D eigenvalue weighted by atomic mass is 9.95. The summed E-state index contributed by atoms with van der Waals surface area (Å²) >= 11 is 0. The number of nitrogens with zero attached hydrogens (tertiary/aromatic N) is 1. The topological polar surface area (TPSA) is 55.0 Å².